The molecule has 1 heterocycles. The Morgan fingerprint density at radius 2 is 1.88 bits per heavy atom. The van der Waals surface area contributed by atoms with Crippen LogP contribution >= 0.6 is 0 Å². The number of carboxylic acids is 1. The van der Waals surface area contributed by atoms with E-state index in [1.807, 2.05) is 0 Å². The number of hydrogen-bond acceptors (Lipinski definition) is 5. The van der Waals surface area contributed by atoms with Crippen molar-refractivity contribution in [1.82, 2.24) is 0 Å². The molecule has 0 fully saturated rings. The monoisotopic (exact) mass is 341 g/mol. The highest BCUT2D eigenvalue weighted by Gasteiger charge is 2.28. The number of furan rings is 1. The molecule has 0 saturated heterocycles. The molecule has 0 atom stereocenters. The molecule has 3 aromatic rings. The van der Waals surface area contributed by atoms with E-state index in [0.717, 1.165) is 0 Å². The average molecular weight is 341 g/mol. The van der Waals surface area contributed by atoms with E-state index in [2.05, 4.69) is 0 Å². The molecule has 0 unspecified atom stereocenters. The lowest BCUT2D eigenvalue weighted by Crippen LogP contribution is -2.05. The molecule has 1 aromatic heterocycles. The number of nitrogens with zero attached hydrogens (tertiary/aromatic N) is 1. The van der Waals surface area contributed by atoms with Crippen LogP contribution < -0.4 is 0 Å². The maximum Gasteiger partial charge on any atom is 0.442 e. The van der Waals surface area contributed by atoms with Gasteiger partial charge >= 0.3 is 11.9 Å². The predicted octanol–water partition coefficient (Wildman–Crippen LogP) is 3.17. The van der Waals surface area contributed by atoms with E-state index in [1.165, 1.54) is 6.07 Å². The average Bonchev–Trinajstić information content (AvgIpc) is 2.97. The molecule has 0 aliphatic carbocycles. The Kier molecular flexibility index (Phi) is 4.49. The maximum absolute atomic E-state index is 11.5. The van der Waals surface area contributed by atoms with Gasteiger partial charge in [0.2, 0.25) is 0 Å². The van der Waals surface area contributed by atoms with Crippen LogP contribution in [0.5, 0.6) is 0 Å². The summed E-state index contributed by atoms with van der Waals surface area (Å²) in [6.07, 6.45) is -0.0606. The van der Waals surface area contributed by atoms with Crippen molar-refractivity contribution < 1.29 is 24.3 Å². The summed E-state index contributed by atoms with van der Waals surface area (Å²) in [5.41, 5.74) is 2.25. The fourth-order valence-electron chi connectivity index (χ4n) is 3.02. The summed E-state index contributed by atoms with van der Waals surface area (Å²) in [6.45, 7) is -0.209. The molecule has 2 aromatic carbocycles. The van der Waals surface area contributed by atoms with E-state index in [-0.39, 0.29) is 19.4 Å². The summed E-state index contributed by atoms with van der Waals surface area (Å²) < 4.78 is 5.43. The summed E-state index contributed by atoms with van der Waals surface area (Å²) in [7, 11) is 0. The lowest BCUT2D eigenvalue weighted by atomic mass is 9.93. The summed E-state index contributed by atoms with van der Waals surface area (Å²) in [6, 6.07) is 11.9. The van der Waals surface area contributed by atoms with Crippen LogP contribution in [-0.4, -0.2) is 27.7 Å². The Bertz CT molecular complexity index is 945. The van der Waals surface area contributed by atoms with E-state index < -0.39 is 16.8 Å². The SMILES string of the molecule is O=C(O)Cc1ccc2oc([N+](=O)[O-])c(-c3ccccc3)c2c1CCO. The van der Waals surface area contributed by atoms with E-state index in [4.69, 9.17) is 9.52 Å². The third-order valence-corrected chi connectivity index (χ3v) is 3.97. The van der Waals surface area contributed by atoms with Crippen molar-refractivity contribution in [2.45, 2.75) is 12.8 Å². The van der Waals surface area contributed by atoms with Crippen molar-refractivity contribution in [3.05, 3.63) is 63.7 Å². The van der Waals surface area contributed by atoms with Crippen molar-refractivity contribution in [3.63, 3.8) is 0 Å². The molecule has 0 saturated carbocycles. The van der Waals surface area contributed by atoms with Gasteiger partial charge in [0.05, 0.1) is 6.42 Å². The summed E-state index contributed by atoms with van der Waals surface area (Å²) in [4.78, 5) is 22.0. The fraction of sp³-hybridized carbons (Fsp3) is 0.167. The first kappa shape index (κ1) is 16.7. The van der Waals surface area contributed by atoms with Crippen LogP contribution in [0.15, 0.2) is 46.9 Å². The van der Waals surface area contributed by atoms with Gasteiger partial charge in [0.25, 0.3) is 0 Å². The molecule has 0 bridgehead atoms. The minimum Gasteiger partial charge on any atom is -0.481 e. The lowest BCUT2D eigenvalue weighted by Gasteiger charge is -2.09. The fourth-order valence-corrected chi connectivity index (χ4v) is 3.02. The van der Waals surface area contributed by atoms with Crippen LogP contribution in [-0.2, 0) is 17.6 Å². The highest BCUT2D eigenvalue weighted by Crippen LogP contribution is 2.42. The van der Waals surface area contributed by atoms with Gasteiger partial charge in [0, 0.05) is 12.0 Å². The molecule has 3 rings (SSSR count). The van der Waals surface area contributed by atoms with Crippen LogP contribution in [0, 0.1) is 10.1 Å². The number of carbonyl (C=O) groups is 1. The number of hydrogen-bond donors (Lipinski definition) is 2. The largest absolute Gasteiger partial charge is 0.481 e. The van der Waals surface area contributed by atoms with Gasteiger partial charge in [-0.25, -0.2) is 0 Å². The number of nitro groups is 1. The molecule has 2 N–H and O–H groups in total. The highest BCUT2D eigenvalue weighted by atomic mass is 16.6. The zero-order valence-corrected chi connectivity index (χ0v) is 13.1. The van der Waals surface area contributed by atoms with Gasteiger partial charge in [-0.05, 0) is 29.2 Å². The third kappa shape index (κ3) is 3.09. The standard InChI is InChI=1S/C18H15NO6/c20-9-8-13-12(10-15(21)22)6-7-14-17(13)16(18(25-14)19(23)24)11-4-2-1-3-5-11/h1-7,20H,8-10H2,(H,21,22). The van der Waals surface area contributed by atoms with E-state index in [9.17, 15) is 20.0 Å². The number of fused-ring (bicyclic) bond motifs is 1. The summed E-state index contributed by atoms with van der Waals surface area (Å²) in [5, 5.41) is 30.5. The second-order valence-electron chi connectivity index (χ2n) is 5.53. The lowest BCUT2D eigenvalue weighted by molar-refractivity contribution is -0.400. The van der Waals surface area contributed by atoms with Gasteiger partial charge in [0.15, 0.2) is 0 Å². The van der Waals surface area contributed by atoms with Crippen molar-refractivity contribution >= 4 is 22.8 Å². The zero-order valence-electron chi connectivity index (χ0n) is 13.1. The molecule has 0 aliphatic heterocycles. The molecule has 128 valence electrons. The van der Waals surface area contributed by atoms with E-state index >= 15 is 0 Å². The van der Waals surface area contributed by atoms with Crippen molar-refractivity contribution in [2.75, 3.05) is 6.61 Å². The minimum absolute atomic E-state index is 0.177. The first-order valence-corrected chi connectivity index (χ1v) is 7.62. The summed E-state index contributed by atoms with van der Waals surface area (Å²) in [5.74, 6) is -1.41. The normalized spacial score (nSPS) is 10.9. The molecule has 0 amide bonds. The van der Waals surface area contributed by atoms with Gasteiger partial charge in [0.1, 0.15) is 16.1 Å². The Morgan fingerprint density at radius 1 is 1.16 bits per heavy atom. The molecular weight excluding hydrogens is 326 g/mol. The predicted molar refractivity (Wildman–Crippen MR) is 90.4 cm³/mol. The van der Waals surface area contributed by atoms with Crippen LogP contribution in [0.3, 0.4) is 0 Å². The Morgan fingerprint density at radius 3 is 2.48 bits per heavy atom. The third-order valence-electron chi connectivity index (χ3n) is 3.97. The van der Waals surface area contributed by atoms with Gasteiger partial charge in [-0.2, -0.15) is 0 Å². The molecule has 0 radical (unpaired) electrons. The molecule has 7 nitrogen and oxygen atoms in total. The maximum atomic E-state index is 11.5. The van der Waals surface area contributed by atoms with Crippen LogP contribution in [0.25, 0.3) is 22.1 Å². The summed E-state index contributed by atoms with van der Waals surface area (Å²) >= 11 is 0. The molecule has 0 aliphatic rings. The second kappa shape index (κ2) is 6.74. The van der Waals surface area contributed by atoms with Gasteiger partial charge < -0.3 is 14.6 Å². The van der Waals surface area contributed by atoms with Gasteiger partial charge in [-0.15, -0.1) is 0 Å². The molecule has 25 heavy (non-hydrogen) atoms. The molecule has 0 spiro atoms. The Hall–Kier alpha value is -3.19. The van der Waals surface area contributed by atoms with Crippen LogP contribution in [0.2, 0.25) is 0 Å². The topological polar surface area (TPSA) is 114 Å². The molecular formula is C18H15NO6. The number of carboxylic acid groups (broad SMARTS) is 1. The number of aliphatic hydroxyl groups excluding tert-OH is 1. The first-order valence-electron chi connectivity index (χ1n) is 7.62. The zero-order chi connectivity index (χ0) is 18.0. The number of rotatable bonds is 6. The second-order valence-corrected chi connectivity index (χ2v) is 5.53. The smallest absolute Gasteiger partial charge is 0.442 e. The van der Waals surface area contributed by atoms with Gasteiger partial charge in [-0.1, -0.05) is 36.4 Å². The Balaban J connectivity index is 2.39. The van der Waals surface area contributed by atoms with Gasteiger partial charge in [-0.3, -0.25) is 14.9 Å². The van der Waals surface area contributed by atoms with Crippen LogP contribution in [0.1, 0.15) is 11.1 Å². The minimum atomic E-state index is -1.02. The van der Waals surface area contributed by atoms with E-state index in [0.29, 0.717) is 33.2 Å². The first-order chi connectivity index (χ1) is 12.0. The number of aliphatic hydroxyl groups is 1. The van der Waals surface area contributed by atoms with Crippen molar-refractivity contribution in [1.29, 1.82) is 0 Å². The highest BCUT2D eigenvalue weighted by molar-refractivity contribution is 6.01. The van der Waals surface area contributed by atoms with Crippen LogP contribution in [0.4, 0.5) is 5.88 Å². The van der Waals surface area contributed by atoms with E-state index in [1.54, 1.807) is 36.4 Å². The van der Waals surface area contributed by atoms with Crippen molar-refractivity contribution in [2.24, 2.45) is 0 Å². The quantitative estimate of drug-likeness (QED) is 0.526. The number of aliphatic carboxylic acids is 1. The van der Waals surface area contributed by atoms with Crippen molar-refractivity contribution in [3.8, 4) is 11.1 Å². The molecule has 7 heteroatoms. The number of benzene rings is 2. The Labute approximate surface area is 142 Å².